The van der Waals surface area contributed by atoms with Crippen LogP contribution in [-0.4, -0.2) is 52.6 Å². The number of hydrogen-bond acceptors (Lipinski definition) is 5. The number of halogens is 1. The van der Waals surface area contributed by atoms with Gasteiger partial charge >= 0.3 is 0 Å². The number of imidazole rings is 1. The summed E-state index contributed by atoms with van der Waals surface area (Å²) in [6.45, 7) is 3.78. The van der Waals surface area contributed by atoms with E-state index < -0.39 is 0 Å². The lowest BCUT2D eigenvalue weighted by Gasteiger charge is -2.44. The van der Waals surface area contributed by atoms with Crippen molar-refractivity contribution in [3.8, 4) is 5.75 Å². The van der Waals surface area contributed by atoms with Crippen molar-refractivity contribution in [1.29, 1.82) is 0 Å². The molecule has 0 bridgehead atoms. The Kier molecular flexibility index (Phi) is 8.09. The summed E-state index contributed by atoms with van der Waals surface area (Å²) >= 11 is 10.7. The van der Waals surface area contributed by atoms with Crippen LogP contribution in [0.3, 0.4) is 0 Å². The Morgan fingerprint density at radius 2 is 2.14 bits per heavy atom. The number of rotatable bonds is 9. The van der Waals surface area contributed by atoms with Crippen LogP contribution in [0.1, 0.15) is 31.9 Å². The average molecular weight is 424 g/mol. The largest absolute Gasteiger partial charge is 0.493 e. The van der Waals surface area contributed by atoms with Gasteiger partial charge in [-0.3, -0.25) is 4.90 Å². The number of hydrogen-bond donors (Lipinski definition) is 2. The fourth-order valence-electron chi connectivity index (χ4n) is 4.04. The summed E-state index contributed by atoms with van der Waals surface area (Å²) in [7, 11) is 1.78. The highest BCUT2D eigenvalue weighted by atomic mass is 35.5. The van der Waals surface area contributed by atoms with Gasteiger partial charge in [0.25, 0.3) is 0 Å². The zero-order valence-corrected chi connectivity index (χ0v) is 18.2. The molecule has 28 heavy (non-hydrogen) atoms. The predicted octanol–water partition coefficient (Wildman–Crippen LogP) is 4.45. The highest BCUT2D eigenvalue weighted by molar-refractivity contribution is 7.81. The van der Waals surface area contributed by atoms with Crippen LogP contribution in [0.2, 0.25) is 5.02 Å². The summed E-state index contributed by atoms with van der Waals surface area (Å²) in [4.78, 5) is 9.83. The Labute approximate surface area is 178 Å². The first-order valence-electron chi connectivity index (χ1n) is 9.89. The third-order valence-electron chi connectivity index (χ3n) is 5.51. The van der Waals surface area contributed by atoms with E-state index in [-0.39, 0.29) is 11.5 Å². The molecule has 0 radical (unpaired) electrons. The van der Waals surface area contributed by atoms with Gasteiger partial charge in [0.2, 0.25) is 0 Å². The van der Waals surface area contributed by atoms with Gasteiger partial charge in [0, 0.05) is 48.3 Å². The summed E-state index contributed by atoms with van der Waals surface area (Å²) in [5.41, 5.74) is 1.21. The molecule has 1 aromatic heterocycles. The Bertz CT molecular complexity index is 696. The molecule has 0 spiro atoms. The van der Waals surface area contributed by atoms with E-state index in [9.17, 15) is 0 Å². The molecular formula is C21H30ClN3O2S. The van der Waals surface area contributed by atoms with Crippen LogP contribution in [0.15, 0.2) is 36.8 Å². The minimum atomic E-state index is 0.0278. The van der Waals surface area contributed by atoms with Crippen molar-refractivity contribution in [2.75, 3.05) is 20.3 Å². The lowest BCUT2D eigenvalue weighted by Crippen LogP contribution is -2.52. The molecule has 0 saturated carbocycles. The molecule has 1 N–H and O–H groups in total. The Hall–Kier alpha value is -1.21. The number of aromatic amines is 1. The molecule has 0 aliphatic carbocycles. The molecule has 0 amide bonds. The zero-order valence-electron chi connectivity index (χ0n) is 16.6. The lowest BCUT2D eigenvalue weighted by molar-refractivity contribution is -0.0834. The summed E-state index contributed by atoms with van der Waals surface area (Å²) in [6, 6.07) is 7.85. The van der Waals surface area contributed by atoms with E-state index in [0.29, 0.717) is 23.6 Å². The number of ether oxygens (including phenoxy) is 2. The van der Waals surface area contributed by atoms with Gasteiger partial charge in [0.1, 0.15) is 12.0 Å². The first kappa shape index (κ1) is 21.5. The number of aromatic nitrogens is 2. The second-order valence-electron chi connectivity index (χ2n) is 7.50. The van der Waals surface area contributed by atoms with Gasteiger partial charge in [0.05, 0.1) is 12.9 Å². The highest BCUT2D eigenvalue weighted by Gasteiger charge is 2.35. The molecule has 4 atom stereocenters. The van der Waals surface area contributed by atoms with Crippen LogP contribution < -0.4 is 4.74 Å². The SMILES string of the molecule is COC(CCOc1ccc(Cl)cc1)N1CCC(Cc2cnc[nH]2)CC1C(C)S. The van der Waals surface area contributed by atoms with Gasteiger partial charge < -0.3 is 14.5 Å². The molecule has 7 heteroatoms. The molecule has 1 aliphatic rings. The summed E-state index contributed by atoms with van der Waals surface area (Å²) < 4.78 is 11.7. The Balaban J connectivity index is 1.55. The number of piperidine rings is 1. The van der Waals surface area contributed by atoms with Crippen LogP contribution in [-0.2, 0) is 11.2 Å². The molecule has 1 aromatic carbocycles. The van der Waals surface area contributed by atoms with Crippen molar-refractivity contribution in [3.63, 3.8) is 0 Å². The smallest absolute Gasteiger partial charge is 0.119 e. The normalized spacial score (nSPS) is 22.7. The fourth-order valence-corrected chi connectivity index (χ4v) is 4.46. The third-order valence-corrected chi connectivity index (χ3v) is 6.10. The Morgan fingerprint density at radius 3 is 2.79 bits per heavy atom. The summed E-state index contributed by atoms with van der Waals surface area (Å²) in [5, 5.41) is 0.991. The van der Waals surface area contributed by atoms with Gasteiger partial charge in [-0.2, -0.15) is 12.6 Å². The van der Waals surface area contributed by atoms with Crippen LogP contribution >= 0.6 is 24.2 Å². The molecule has 2 aromatic rings. The summed E-state index contributed by atoms with van der Waals surface area (Å²) in [6.07, 6.45) is 7.82. The van der Waals surface area contributed by atoms with E-state index in [1.165, 1.54) is 5.69 Å². The van der Waals surface area contributed by atoms with Gasteiger partial charge in [0.15, 0.2) is 0 Å². The van der Waals surface area contributed by atoms with Crippen LogP contribution in [0, 0.1) is 5.92 Å². The van der Waals surface area contributed by atoms with E-state index in [0.717, 1.165) is 38.0 Å². The van der Waals surface area contributed by atoms with E-state index in [2.05, 4.69) is 21.8 Å². The number of benzene rings is 1. The fraction of sp³-hybridized carbons (Fsp3) is 0.571. The van der Waals surface area contributed by atoms with Crippen molar-refractivity contribution < 1.29 is 9.47 Å². The topological polar surface area (TPSA) is 50.4 Å². The maximum absolute atomic E-state index is 5.93. The van der Waals surface area contributed by atoms with Crippen LogP contribution in [0.25, 0.3) is 0 Å². The molecule has 5 nitrogen and oxygen atoms in total. The highest BCUT2D eigenvalue weighted by Crippen LogP contribution is 2.31. The van der Waals surface area contributed by atoms with Gasteiger partial charge in [-0.05, 0) is 49.4 Å². The van der Waals surface area contributed by atoms with E-state index >= 15 is 0 Å². The van der Waals surface area contributed by atoms with Crippen molar-refractivity contribution in [1.82, 2.24) is 14.9 Å². The van der Waals surface area contributed by atoms with Gasteiger partial charge in [-0.25, -0.2) is 4.98 Å². The molecule has 3 rings (SSSR count). The number of nitrogens with one attached hydrogen (secondary N) is 1. The lowest BCUT2D eigenvalue weighted by atomic mass is 9.86. The summed E-state index contributed by atoms with van der Waals surface area (Å²) in [5.74, 6) is 1.47. The minimum absolute atomic E-state index is 0.0278. The molecular weight excluding hydrogens is 394 g/mol. The molecule has 1 aliphatic heterocycles. The number of likely N-dealkylation sites (tertiary alicyclic amines) is 1. The van der Waals surface area contributed by atoms with Crippen LogP contribution in [0.5, 0.6) is 5.75 Å². The minimum Gasteiger partial charge on any atom is -0.493 e. The molecule has 154 valence electrons. The van der Waals surface area contributed by atoms with Crippen molar-refractivity contribution in [2.45, 2.75) is 50.1 Å². The van der Waals surface area contributed by atoms with E-state index in [1.54, 1.807) is 13.4 Å². The first-order chi connectivity index (χ1) is 13.6. The van der Waals surface area contributed by atoms with E-state index in [4.69, 9.17) is 33.7 Å². The molecule has 1 fully saturated rings. The second kappa shape index (κ2) is 10.5. The quantitative estimate of drug-likeness (QED) is 0.585. The Morgan fingerprint density at radius 1 is 1.36 bits per heavy atom. The second-order valence-corrected chi connectivity index (χ2v) is 8.75. The molecule has 1 saturated heterocycles. The standard InChI is InChI=1S/C21H30ClN3O2S/c1-15(28)20-12-16(11-18-13-23-14-24-18)7-9-25(20)21(26-2)8-10-27-19-5-3-17(22)4-6-19/h3-6,13-16,20-21,28H,7-12H2,1-2H3,(H,23,24). The van der Waals surface area contributed by atoms with Crippen molar-refractivity contribution in [2.24, 2.45) is 5.92 Å². The monoisotopic (exact) mass is 423 g/mol. The predicted molar refractivity (Wildman–Crippen MR) is 116 cm³/mol. The molecule has 2 heterocycles. The number of H-pyrrole nitrogens is 1. The van der Waals surface area contributed by atoms with Crippen molar-refractivity contribution in [3.05, 3.63) is 47.5 Å². The number of thiol groups is 1. The zero-order chi connectivity index (χ0) is 19.9. The number of nitrogens with zero attached hydrogens (tertiary/aromatic N) is 2. The van der Waals surface area contributed by atoms with Crippen molar-refractivity contribution >= 4 is 24.2 Å². The maximum atomic E-state index is 5.93. The molecule has 4 unspecified atom stereocenters. The van der Waals surface area contributed by atoms with E-state index in [1.807, 2.05) is 30.5 Å². The van der Waals surface area contributed by atoms with Crippen LogP contribution in [0.4, 0.5) is 0 Å². The number of methoxy groups -OCH3 is 1. The van der Waals surface area contributed by atoms with Gasteiger partial charge in [-0.15, -0.1) is 0 Å². The van der Waals surface area contributed by atoms with Gasteiger partial charge in [-0.1, -0.05) is 18.5 Å². The first-order valence-corrected chi connectivity index (χ1v) is 10.8. The average Bonchev–Trinajstić information content (AvgIpc) is 3.20. The maximum Gasteiger partial charge on any atom is 0.119 e. The third kappa shape index (κ3) is 5.89.